The number of carbonyl (C=O) groups excluding carboxylic acids is 1. The fourth-order valence-corrected chi connectivity index (χ4v) is 7.65. The smallest absolute Gasteiger partial charge is 0.233 e. The maximum absolute atomic E-state index is 13.1. The van der Waals surface area contributed by atoms with Crippen LogP contribution in [0.4, 0.5) is 0 Å². The molecule has 3 aromatic rings. The molecular weight excluding hydrogens is 406 g/mol. The fourth-order valence-electron chi connectivity index (χ4n) is 4.52. The third kappa shape index (κ3) is 3.17. The molecule has 1 amide bonds. The van der Waals surface area contributed by atoms with E-state index in [1.807, 2.05) is 22.7 Å². The summed E-state index contributed by atoms with van der Waals surface area (Å²) in [6.07, 6.45) is 8.40. The van der Waals surface area contributed by atoms with Crippen LogP contribution < -0.4 is 0 Å². The first-order valence-corrected chi connectivity index (χ1v) is 12.7. The molecule has 0 radical (unpaired) electrons. The second-order valence-electron chi connectivity index (χ2n) is 7.42. The highest BCUT2D eigenvalue weighted by molar-refractivity contribution is 8.00. The van der Waals surface area contributed by atoms with Crippen molar-refractivity contribution in [1.82, 2.24) is 14.9 Å². The molecule has 0 bridgehead atoms. The molecule has 4 nitrogen and oxygen atoms in total. The zero-order valence-electron chi connectivity index (χ0n) is 15.9. The largest absolute Gasteiger partial charge is 0.335 e. The second kappa shape index (κ2) is 7.76. The molecule has 4 heterocycles. The van der Waals surface area contributed by atoms with Crippen LogP contribution in [0.1, 0.15) is 53.1 Å². The van der Waals surface area contributed by atoms with Gasteiger partial charge >= 0.3 is 0 Å². The van der Waals surface area contributed by atoms with Crippen LogP contribution in [0.5, 0.6) is 0 Å². The van der Waals surface area contributed by atoms with Gasteiger partial charge in [0.25, 0.3) is 0 Å². The topological polar surface area (TPSA) is 46.1 Å². The normalized spacial score (nSPS) is 18.9. The minimum absolute atomic E-state index is 0.224. The molecule has 28 heavy (non-hydrogen) atoms. The SMILES string of the molecule is CCC1c2ccsc2CCN1C(=O)CSc1ncnc2sc3c(c12)CCCC3. The number of aromatic nitrogens is 2. The Bertz CT molecular complexity index is 1030. The van der Waals surface area contributed by atoms with E-state index in [4.69, 9.17) is 0 Å². The van der Waals surface area contributed by atoms with Crippen LogP contribution in [0.2, 0.25) is 0 Å². The Morgan fingerprint density at radius 2 is 2.14 bits per heavy atom. The van der Waals surface area contributed by atoms with Crippen molar-refractivity contribution in [2.24, 2.45) is 0 Å². The number of hydrogen-bond acceptors (Lipinski definition) is 6. The number of hydrogen-bond donors (Lipinski definition) is 0. The van der Waals surface area contributed by atoms with Gasteiger partial charge in [0.05, 0.1) is 11.8 Å². The number of carbonyl (C=O) groups is 1. The summed E-state index contributed by atoms with van der Waals surface area (Å²) >= 11 is 5.23. The number of rotatable bonds is 4. The van der Waals surface area contributed by atoms with Gasteiger partial charge in [0.2, 0.25) is 5.91 Å². The summed E-state index contributed by atoms with van der Waals surface area (Å²) in [6, 6.07) is 2.43. The Morgan fingerprint density at radius 3 is 3.04 bits per heavy atom. The molecule has 0 saturated carbocycles. The number of nitrogens with zero attached hydrogens (tertiary/aromatic N) is 3. The van der Waals surface area contributed by atoms with Gasteiger partial charge in [-0.3, -0.25) is 4.79 Å². The van der Waals surface area contributed by atoms with Gasteiger partial charge in [0.15, 0.2) is 0 Å². The Hall–Kier alpha value is -1.44. The van der Waals surface area contributed by atoms with Gasteiger partial charge in [-0.15, -0.1) is 22.7 Å². The van der Waals surface area contributed by atoms with Crippen LogP contribution in [0.3, 0.4) is 0 Å². The number of amides is 1. The third-order valence-corrected chi connectivity index (χ3v) is 9.02. The van der Waals surface area contributed by atoms with E-state index in [9.17, 15) is 4.79 Å². The molecule has 1 atom stereocenters. The lowest BCUT2D eigenvalue weighted by Crippen LogP contribution is -2.40. The minimum atomic E-state index is 0.224. The predicted octanol–water partition coefficient (Wildman–Crippen LogP) is 5.26. The van der Waals surface area contributed by atoms with Crippen molar-refractivity contribution in [2.45, 2.75) is 56.5 Å². The van der Waals surface area contributed by atoms with Crippen molar-refractivity contribution in [3.05, 3.63) is 38.7 Å². The summed E-state index contributed by atoms with van der Waals surface area (Å²) in [5.41, 5.74) is 2.79. The van der Waals surface area contributed by atoms with Gasteiger partial charge in [0, 0.05) is 21.7 Å². The van der Waals surface area contributed by atoms with E-state index >= 15 is 0 Å². The average molecular weight is 430 g/mol. The Kier molecular flexibility index (Phi) is 5.15. The van der Waals surface area contributed by atoms with Crippen LogP contribution in [-0.4, -0.2) is 33.1 Å². The van der Waals surface area contributed by atoms with Crippen molar-refractivity contribution < 1.29 is 4.79 Å². The molecule has 7 heteroatoms. The van der Waals surface area contributed by atoms with E-state index < -0.39 is 0 Å². The molecule has 0 spiro atoms. The van der Waals surface area contributed by atoms with Crippen molar-refractivity contribution in [3.8, 4) is 0 Å². The van der Waals surface area contributed by atoms with Crippen LogP contribution in [0.25, 0.3) is 10.2 Å². The van der Waals surface area contributed by atoms with Gasteiger partial charge in [-0.25, -0.2) is 9.97 Å². The fraction of sp³-hybridized carbons (Fsp3) is 0.476. The lowest BCUT2D eigenvalue weighted by Gasteiger charge is -2.35. The number of aryl methyl sites for hydroxylation is 2. The molecule has 1 aliphatic carbocycles. The van der Waals surface area contributed by atoms with E-state index in [0.717, 1.165) is 42.1 Å². The molecule has 3 aromatic heterocycles. The molecule has 1 aliphatic heterocycles. The van der Waals surface area contributed by atoms with Gasteiger partial charge in [-0.2, -0.15) is 0 Å². The highest BCUT2D eigenvalue weighted by Crippen LogP contribution is 2.40. The summed E-state index contributed by atoms with van der Waals surface area (Å²) in [5.74, 6) is 0.678. The van der Waals surface area contributed by atoms with E-state index in [2.05, 4.69) is 33.2 Å². The molecule has 5 rings (SSSR count). The molecule has 0 fully saturated rings. The van der Waals surface area contributed by atoms with E-state index in [1.165, 1.54) is 39.1 Å². The summed E-state index contributed by atoms with van der Waals surface area (Å²) in [7, 11) is 0. The minimum Gasteiger partial charge on any atom is -0.335 e. The maximum Gasteiger partial charge on any atom is 0.233 e. The molecule has 0 saturated heterocycles. The number of thioether (sulfide) groups is 1. The van der Waals surface area contributed by atoms with E-state index in [1.54, 1.807) is 18.1 Å². The van der Waals surface area contributed by atoms with Crippen LogP contribution in [0, 0.1) is 0 Å². The molecule has 146 valence electrons. The van der Waals surface area contributed by atoms with Crippen LogP contribution in [-0.2, 0) is 24.1 Å². The zero-order chi connectivity index (χ0) is 19.1. The summed E-state index contributed by atoms with van der Waals surface area (Å²) < 4.78 is 0. The molecular formula is C21H23N3OS3. The van der Waals surface area contributed by atoms with Gasteiger partial charge < -0.3 is 4.90 Å². The second-order valence-corrected chi connectivity index (χ2v) is 10.5. The van der Waals surface area contributed by atoms with E-state index in [-0.39, 0.29) is 11.9 Å². The summed E-state index contributed by atoms with van der Waals surface area (Å²) in [5, 5.41) is 4.36. The number of thiophene rings is 2. The van der Waals surface area contributed by atoms with E-state index in [0.29, 0.717) is 5.75 Å². The van der Waals surface area contributed by atoms with Crippen molar-refractivity contribution in [1.29, 1.82) is 0 Å². The van der Waals surface area contributed by atoms with Crippen molar-refractivity contribution in [3.63, 3.8) is 0 Å². The van der Waals surface area contributed by atoms with Crippen LogP contribution in [0.15, 0.2) is 22.8 Å². The molecule has 0 N–H and O–H groups in total. The molecule has 0 aromatic carbocycles. The standard InChI is InChI=1S/C21H23N3OS3/c1-2-15-13-8-10-26-16(13)7-9-24(15)18(25)11-27-20-19-14-5-3-4-6-17(14)28-21(19)23-12-22-20/h8,10,12,15H,2-7,9,11H2,1H3. The van der Waals surface area contributed by atoms with Gasteiger partial charge in [-0.05, 0) is 61.1 Å². The number of fused-ring (bicyclic) bond motifs is 4. The first-order valence-electron chi connectivity index (χ1n) is 10.00. The Balaban J connectivity index is 1.37. The van der Waals surface area contributed by atoms with Gasteiger partial charge in [0.1, 0.15) is 16.2 Å². The third-order valence-electron chi connectivity index (χ3n) is 5.85. The van der Waals surface area contributed by atoms with Crippen molar-refractivity contribution in [2.75, 3.05) is 12.3 Å². The average Bonchev–Trinajstić information content (AvgIpc) is 3.35. The summed E-state index contributed by atoms with van der Waals surface area (Å²) in [6.45, 7) is 3.01. The Morgan fingerprint density at radius 1 is 1.25 bits per heavy atom. The highest BCUT2D eigenvalue weighted by Gasteiger charge is 2.30. The zero-order valence-corrected chi connectivity index (χ0v) is 18.4. The molecule has 2 aliphatic rings. The Labute approximate surface area is 177 Å². The quantitative estimate of drug-likeness (QED) is 0.419. The highest BCUT2D eigenvalue weighted by atomic mass is 32.2. The molecule has 1 unspecified atom stereocenters. The predicted molar refractivity (Wildman–Crippen MR) is 118 cm³/mol. The lowest BCUT2D eigenvalue weighted by atomic mass is 9.97. The summed E-state index contributed by atoms with van der Waals surface area (Å²) in [4.78, 5) is 28.3. The van der Waals surface area contributed by atoms with Crippen molar-refractivity contribution >= 4 is 50.6 Å². The first-order chi connectivity index (χ1) is 13.8. The first kappa shape index (κ1) is 18.6. The van der Waals surface area contributed by atoms with Gasteiger partial charge in [-0.1, -0.05) is 18.7 Å². The monoisotopic (exact) mass is 429 g/mol. The lowest BCUT2D eigenvalue weighted by molar-refractivity contribution is -0.131. The maximum atomic E-state index is 13.1. The van der Waals surface area contributed by atoms with Crippen LogP contribution >= 0.6 is 34.4 Å².